The first-order chi connectivity index (χ1) is 9.49. The molecule has 0 aliphatic carbocycles. The summed E-state index contributed by atoms with van der Waals surface area (Å²) in [6.45, 7) is 0. The fourth-order valence-corrected chi connectivity index (χ4v) is 3.06. The van der Waals surface area contributed by atoms with E-state index in [0.29, 0.717) is 37.3 Å². The van der Waals surface area contributed by atoms with E-state index < -0.39 is 0 Å². The number of fused-ring (bicyclic) bond motifs is 1. The summed E-state index contributed by atoms with van der Waals surface area (Å²) in [6.07, 6.45) is 1.67. The molecule has 0 aliphatic heterocycles. The molecule has 2 aromatic heterocycles. The summed E-state index contributed by atoms with van der Waals surface area (Å²) in [5, 5.41) is 0.805. The highest BCUT2D eigenvalue weighted by Crippen LogP contribution is 2.36. The molecule has 2 heterocycles. The molecule has 20 heavy (non-hydrogen) atoms. The summed E-state index contributed by atoms with van der Waals surface area (Å²) in [5.41, 5.74) is 7.90. The molecule has 0 bridgehead atoms. The van der Waals surface area contributed by atoms with E-state index in [1.54, 1.807) is 22.9 Å². The quantitative estimate of drug-likeness (QED) is 0.555. The van der Waals surface area contributed by atoms with Gasteiger partial charge in [0.15, 0.2) is 5.65 Å². The molecule has 0 unspecified atom stereocenters. The van der Waals surface area contributed by atoms with Crippen molar-refractivity contribution in [2.45, 2.75) is 0 Å². The predicted molar refractivity (Wildman–Crippen MR) is 88.7 cm³/mol. The van der Waals surface area contributed by atoms with Gasteiger partial charge in [-0.15, -0.1) is 0 Å². The lowest BCUT2D eigenvalue weighted by Crippen LogP contribution is -2.02. The van der Waals surface area contributed by atoms with E-state index >= 15 is 0 Å². The molecular formula is C12H6Br2Cl2N4. The second kappa shape index (κ2) is 5.18. The van der Waals surface area contributed by atoms with Crippen LogP contribution in [0.1, 0.15) is 0 Å². The van der Waals surface area contributed by atoms with E-state index in [4.69, 9.17) is 28.9 Å². The molecule has 0 amide bonds. The number of benzene rings is 1. The molecule has 0 spiro atoms. The maximum Gasteiger partial charge on any atom is 0.207 e. The van der Waals surface area contributed by atoms with Crippen LogP contribution in [-0.4, -0.2) is 14.5 Å². The first-order valence-electron chi connectivity index (χ1n) is 5.42. The highest BCUT2D eigenvalue weighted by atomic mass is 79.9. The van der Waals surface area contributed by atoms with Gasteiger partial charge in [0.1, 0.15) is 5.52 Å². The van der Waals surface area contributed by atoms with Crippen molar-refractivity contribution < 1.29 is 0 Å². The lowest BCUT2D eigenvalue weighted by Gasteiger charge is -2.10. The fourth-order valence-electron chi connectivity index (χ4n) is 1.88. The Balaban J connectivity index is 2.35. The van der Waals surface area contributed by atoms with Crippen molar-refractivity contribution in [1.29, 1.82) is 0 Å². The molecule has 2 N–H and O–H groups in total. The summed E-state index contributed by atoms with van der Waals surface area (Å²) < 4.78 is 3.21. The maximum absolute atomic E-state index is 6.29. The number of nitrogen functional groups attached to an aromatic ring is 1. The maximum atomic E-state index is 6.29. The van der Waals surface area contributed by atoms with Gasteiger partial charge in [-0.25, -0.2) is 9.97 Å². The van der Waals surface area contributed by atoms with Gasteiger partial charge < -0.3 is 5.73 Å². The van der Waals surface area contributed by atoms with Crippen LogP contribution >= 0.6 is 55.1 Å². The van der Waals surface area contributed by atoms with Crippen molar-refractivity contribution in [3.8, 4) is 5.69 Å². The van der Waals surface area contributed by atoms with Crippen LogP contribution in [-0.2, 0) is 0 Å². The topological polar surface area (TPSA) is 56.7 Å². The summed E-state index contributed by atoms with van der Waals surface area (Å²) >= 11 is 19.1. The van der Waals surface area contributed by atoms with Crippen molar-refractivity contribution in [1.82, 2.24) is 14.5 Å². The third-order valence-corrected chi connectivity index (χ3v) is 4.94. The SMILES string of the molecule is Nc1nc2cc(Br)cnc2n1-c1ccc(Br)c(Cl)c1Cl. The van der Waals surface area contributed by atoms with Gasteiger partial charge in [0, 0.05) is 15.1 Å². The number of hydrogen-bond donors (Lipinski definition) is 1. The van der Waals surface area contributed by atoms with E-state index in [1.165, 1.54) is 0 Å². The Hall–Kier alpha value is -0.820. The molecule has 0 radical (unpaired) electrons. The van der Waals surface area contributed by atoms with Crippen LogP contribution in [0.25, 0.3) is 16.9 Å². The molecule has 0 fully saturated rings. The number of anilines is 1. The van der Waals surface area contributed by atoms with Crippen molar-refractivity contribution in [2.24, 2.45) is 0 Å². The summed E-state index contributed by atoms with van der Waals surface area (Å²) in [7, 11) is 0. The minimum atomic E-state index is 0.297. The van der Waals surface area contributed by atoms with Crippen LogP contribution in [0.2, 0.25) is 10.0 Å². The van der Waals surface area contributed by atoms with Gasteiger partial charge in [-0.1, -0.05) is 23.2 Å². The van der Waals surface area contributed by atoms with E-state index in [1.807, 2.05) is 6.07 Å². The normalized spacial score (nSPS) is 11.2. The summed E-state index contributed by atoms with van der Waals surface area (Å²) in [5.74, 6) is 0.297. The van der Waals surface area contributed by atoms with Crippen molar-refractivity contribution >= 4 is 72.2 Å². The largest absolute Gasteiger partial charge is 0.369 e. The smallest absolute Gasteiger partial charge is 0.207 e. The zero-order valence-electron chi connectivity index (χ0n) is 9.74. The van der Waals surface area contributed by atoms with E-state index in [0.717, 1.165) is 4.47 Å². The van der Waals surface area contributed by atoms with Gasteiger partial charge in [0.2, 0.25) is 5.95 Å². The Morgan fingerprint density at radius 1 is 1.15 bits per heavy atom. The Kier molecular flexibility index (Phi) is 3.66. The molecule has 0 saturated heterocycles. The highest BCUT2D eigenvalue weighted by Gasteiger charge is 2.16. The predicted octanol–water partition coefficient (Wildman–Crippen LogP) is 4.83. The highest BCUT2D eigenvalue weighted by molar-refractivity contribution is 9.10. The van der Waals surface area contributed by atoms with E-state index in [2.05, 4.69) is 41.8 Å². The van der Waals surface area contributed by atoms with E-state index in [9.17, 15) is 0 Å². The number of nitrogens with two attached hydrogens (primary N) is 1. The van der Waals surface area contributed by atoms with Gasteiger partial charge >= 0.3 is 0 Å². The summed E-state index contributed by atoms with van der Waals surface area (Å²) in [4.78, 5) is 8.61. The Morgan fingerprint density at radius 3 is 2.65 bits per heavy atom. The fraction of sp³-hybridized carbons (Fsp3) is 0. The Morgan fingerprint density at radius 2 is 1.90 bits per heavy atom. The van der Waals surface area contributed by atoms with Gasteiger partial charge in [0.25, 0.3) is 0 Å². The number of aromatic nitrogens is 3. The van der Waals surface area contributed by atoms with Crippen molar-refractivity contribution in [3.05, 3.63) is 43.4 Å². The number of rotatable bonds is 1. The summed E-state index contributed by atoms with van der Waals surface area (Å²) in [6, 6.07) is 5.44. The van der Waals surface area contributed by atoms with Gasteiger partial charge in [-0.3, -0.25) is 4.57 Å². The molecule has 0 saturated carbocycles. The molecule has 0 atom stereocenters. The van der Waals surface area contributed by atoms with Crippen LogP contribution in [0.5, 0.6) is 0 Å². The van der Waals surface area contributed by atoms with Gasteiger partial charge in [0.05, 0.1) is 15.7 Å². The zero-order valence-corrected chi connectivity index (χ0v) is 14.4. The standard InChI is InChI=1S/C12H6Br2Cl2N4/c13-5-3-7-11(18-4-5)20(12(17)19-7)8-2-1-6(14)9(15)10(8)16/h1-4H,(H2,17,19). The van der Waals surface area contributed by atoms with Crippen LogP contribution in [0.15, 0.2) is 33.3 Å². The van der Waals surface area contributed by atoms with Crippen LogP contribution in [0.3, 0.4) is 0 Å². The van der Waals surface area contributed by atoms with Gasteiger partial charge in [-0.05, 0) is 50.1 Å². The molecule has 3 aromatic rings. The Labute approximate surface area is 141 Å². The third kappa shape index (κ3) is 2.20. The molecule has 102 valence electrons. The molecule has 3 rings (SSSR count). The molecule has 1 aromatic carbocycles. The second-order valence-electron chi connectivity index (χ2n) is 4.00. The molecule has 4 nitrogen and oxygen atoms in total. The van der Waals surface area contributed by atoms with Crippen LogP contribution in [0, 0.1) is 0 Å². The van der Waals surface area contributed by atoms with Gasteiger partial charge in [-0.2, -0.15) is 0 Å². The Bertz CT molecular complexity index is 832. The average Bonchev–Trinajstić information content (AvgIpc) is 2.72. The van der Waals surface area contributed by atoms with Crippen LogP contribution < -0.4 is 5.73 Å². The number of halogens is 4. The zero-order chi connectivity index (χ0) is 14.4. The van der Waals surface area contributed by atoms with Crippen LogP contribution in [0.4, 0.5) is 5.95 Å². The first-order valence-corrected chi connectivity index (χ1v) is 7.76. The number of pyridine rings is 1. The minimum absolute atomic E-state index is 0.297. The van der Waals surface area contributed by atoms with Crippen molar-refractivity contribution in [2.75, 3.05) is 5.73 Å². The lowest BCUT2D eigenvalue weighted by molar-refractivity contribution is 1.08. The number of nitrogens with zero attached hydrogens (tertiary/aromatic N) is 3. The van der Waals surface area contributed by atoms with Crippen molar-refractivity contribution in [3.63, 3.8) is 0 Å². The minimum Gasteiger partial charge on any atom is -0.369 e. The van der Waals surface area contributed by atoms with E-state index in [-0.39, 0.29) is 0 Å². The number of imidazole rings is 1. The molecular weight excluding hydrogens is 431 g/mol. The third-order valence-electron chi connectivity index (χ3n) is 2.75. The molecule has 8 heteroatoms. The molecule has 0 aliphatic rings. The monoisotopic (exact) mass is 434 g/mol. The number of hydrogen-bond acceptors (Lipinski definition) is 3. The lowest BCUT2D eigenvalue weighted by atomic mass is 10.3. The average molecular weight is 437 g/mol. The first kappa shape index (κ1) is 14.1. The second-order valence-corrected chi connectivity index (χ2v) is 6.52.